The minimum absolute atomic E-state index is 0.0324. The average Bonchev–Trinajstić information content (AvgIpc) is 2.59. The minimum Gasteiger partial charge on any atom is -0.369 e. The Morgan fingerprint density at radius 3 is 2.30 bits per heavy atom. The Kier molecular flexibility index (Phi) is 4.62. The van der Waals surface area contributed by atoms with E-state index in [1.807, 2.05) is 32.0 Å². The van der Waals surface area contributed by atoms with Crippen LogP contribution in [0.2, 0.25) is 0 Å². The molecule has 3 rings (SSSR count). The summed E-state index contributed by atoms with van der Waals surface area (Å²) in [6, 6.07) is 16.5. The predicted molar refractivity (Wildman–Crippen MR) is 111 cm³/mol. The molecule has 1 aliphatic rings. The Morgan fingerprint density at radius 1 is 1.11 bits per heavy atom. The number of hydrogen-bond donors (Lipinski definition) is 1. The Hall–Kier alpha value is -2.62. The number of hydrogen-bond acceptors (Lipinski definition) is 3. The van der Waals surface area contributed by atoms with Crippen molar-refractivity contribution >= 4 is 11.9 Å². The number of benzene rings is 2. The van der Waals surface area contributed by atoms with Crippen LogP contribution in [0.4, 0.5) is 0 Å². The standard InChI is InChI=1S/C23H29N3O/c1-15-8-7-9-18(14-15)23(5)19(20(27)26(6)21(24)25-23)16-10-12-17(13-11-16)22(2,3)4/h7-14,19H,1-6H3,(H2,24,25)/t19-,23+/m0/s1. The lowest BCUT2D eigenvalue weighted by atomic mass is 9.73. The van der Waals surface area contributed by atoms with Crippen LogP contribution in [0.1, 0.15) is 55.9 Å². The van der Waals surface area contributed by atoms with E-state index in [9.17, 15) is 4.79 Å². The molecule has 0 aromatic heterocycles. The Morgan fingerprint density at radius 2 is 1.74 bits per heavy atom. The van der Waals surface area contributed by atoms with E-state index >= 15 is 0 Å². The van der Waals surface area contributed by atoms with E-state index in [0.29, 0.717) is 0 Å². The third-order valence-corrected chi connectivity index (χ3v) is 5.54. The highest BCUT2D eigenvalue weighted by Gasteiger charge is 2.47. The Labute approximate surface area is 162 Å². The summed E-state index contributed by atoms with van der Waals surface area (Å²) in [7, 11) is 1.69. The molecule has 0 radical (unpaired) electrons. The highest BCUT2D eigenvalue weighted by atomic mass is 16.2. The molecule has 0 aliphatic carbocycles. The molecule has 0 unspecified atom stereocenters. The average molecular weight is 364 g/mol. The molecule has 4 nitrogen and oxygen atoms in total. The van der Waals surface area contributed by atoms with Crippen LogP contribution in [0.25, 0.3) is 0 Å². The van der Waals surface area contributed by atoms with Gasteiger partial charge in [-0.3, -0.25) is 9.69 Å². The smallest absolute Gasteiger partial charge is 0.239 e. The van der Waals surface area contributed by atoms with E-state index in [1.54, 1.807) is 7.05 Å². The van der Waals surface area contributed by atoms with Gasteiger partial charge in [-0.05, 0) is 36.0 Å². The van der Waals surface area contributed by atoms with E-state index in [4.69, 9.17) is 10.7 Å². The zero-order chi connectivity index (χ0) is 20.0. The molecule has 2 atom stereocenters. The molecule has 1 aliphatic heterocycles. The molecule has 2 aromatic carbocycles. The summed E-state index contributed by atoms with van der Waals surface area (Å²) in [6.45, 7) is 10.6. The number of carbonyl (C=O) groups is 1. The minimum atomic E-state index is -0.747. The maximum Gasteiger partial charge on any atom is 0.239 e. The SMILES string of the molecule is Cc1cccc([C@@]2(C)N=C(N)N(C)C(=O)[C@@H]2c2ccc(C(C)(C)C)cc2)c1. The normalized spacial score (nSPS) is 23.3. The number of nitrogens with two attached hydrogens (primary N) is 1. The number of guanidine groups is 1. The molecule has 27 heavy (non-hydrogen) atoms. The topological polar surface area (TPSA) is 58.7 Å². The fourth-order valence-corrected chi connectivity index (χ4v) is 3.76. The first kappa shape index (κ1) is 19.2. The van der Waals surface area contributed by atoms with Gasteiger partial charge in [0.15, 0.2) is 5.96 Å². The lowest BCUT2D eigenvalue weighted by Gasteiger charge is -2.41. The van der Waals surface area contributed by atoms with Crippen LogP contribution in [-0.2, 0) is 15.7 Å². The zero-order valence-electron chi connectivity index (χ0n) is 17.1. The molecule has 0 saturated heterocycles. The molecule has 4 heteroatoms. The molecule has 2 aromatic rings. The van der Waals surface area contributed by atoms with Gasteiger partial charge in [0.25, 0.3) is 0 Å². The second kappa shape index (κ2) is 6.52. The largest absolute Gasteiger partial charge is 0.369 e. The summed E-state index contributed by atoms with van der Waals surface area (Å²) in [4.78, 5) is 19.5. The molecule has 142 valence electrons. The molecule has 0 bridgehead atoms. The van der Waals surface area contributed by atoms with Gasteiger partial charge >= 0.3 is 0 Å². The molecular formula is C23H29N3O. The van der Waals surface area contributed by atoms with Crippen molar-refractivity contribution in [2.75, 3.05) is 7.05 Å². The van der Waals surface area contributed by atoms with E-state index in [1.165, 1.54) is 10.5 Å². The number of likely N-dealkylation sites (N-methyl/N-ethyl adjacent to an activating group) is 1. The van der Waals surface area contributed by atoms with Crippen LogP contribution in [0, 0.1) is 6.92 Å². The van der Waals surface area contributed by atoms with Crippen molar-refractivity contribution in [2.24, 2.45) is 10.7 Å². The Balaban J connectivity index is 2.16. The monoisotopic (exact) mass is 363 g/mol. The van der Waals surface area contributed by atoms with Crippen LogP contribution in [0.3, 0.4) is 0 Å². The second-order valence-electron chi connectivity index (χ2n) is 8.69. The lowest BCUT2D eigenvalue weighted by molar-refractivity contribution is -0.130. The maximum absolute atomic E-state index is 13.3. The molecule has 1 heterocycles. The van der Waals surface area contributed by atoms with Gasteiger partial charge in [-0.1, -0.05) is 74.9 Å². The Bertz CT molecular complexity index is 893. The highest BCUT2D eigenvalue weighted by molar-refractivity contribution is 6.02. The van der Waals surface area contributed by atoms with Gasteiger partial charge in [-0.25, -0.2) is 4.99 Å². The van der Waals surface area contributed by atoms with Gasteiger partial charge in [0.2, 0.25) is 5.91 Å². The molecule has 1 amide bonds. The molecule has 0 spiro atoms. The molecule has 2 N–H and O–H groups in total. The quantitative estimate of drug-likeness (QED) is 0.874. The van der Waals surface area contributed by atoms with E-state index in [-0.39, 0.29) is 17.3 Å². The number of amides is 1. The first-order valence-corrected chi connectivity index (χ1v) is 9.34. The fourth-order valence-electron chi connectivity index (χ4n) is 3.76. The second-order valence-corrected chi connectivity index (χ2v) is 8.69. The van der Waals surface area contributed by atoms with Crippen molar-refractivity contribution in [3.63, 3.8) is 0 Å². The highest BCUT2D eigenvalue weighted by Crippen LogP contribution is 2.44. The third-order valence-electron chi connectivity index (χ3n) is 5.54. The van der Waals surface area contributed by atoms with Crippen molar-refractivity contribution < 1.29 is 4.79 Å². The number of carbonyl (C=O) groups excluding carboxylic acids is 1. The van der Waals surface area contributed by atoms with Gasteiger partial charge in [-0.2, -0.15) is 0 Å². The number of aliphatic imine (C=N–C) groups is 1. The maximum atomic E-state index is 13.3. The van der Waals surface area contributed by atoms with Crippen molar-refractivity contribution in [1.82, 2.24) is 4.90 Å². The van der Waals surface area contributed by atoms with E-state index in [2.05, 4.69) is 51.1 Å². The van der Waals surface area contributed by atoms with Gasteiger partial charge < -0.3 is 5.73 Å². The molecular weight excluding hydrogens is 334 g/mol. The summed E-state index contributed by atoms with van der Waals surface area (Å²) >= 11 is 0. The van der Waals surface area contributed by atoms with Crippen LogP contribution in [-0.4, -0.2) is 23.8 Å². The van der Waals surface area contributed by atoms with Crippen LogP contribution < -0.4 is 5.73 Å². The van der Waals surface area contributed by atoms with Gasteiger partial charge in [-0.15, -0.1) is 0 Å². The first-order valence-electron chi connectivity index (χ1n) is 9.34. The summed E-state index contributed by atoms with van der Waals surface area (Å²) in [5, 5.41) is 0. The van der Waals surface area contributed by atoms with Crippen LogP contribution in [0.5, 0.6) is 0 Å². The van der Waals surface area contributed by atoms with E-state index < -0.39 is 11.5 Å². The number of aryl methyl sites for hydroxylation is 1. The van der Waals surface area contributed by atoms with Crippen molar-refractivity contribution in [3.8, 4) is 0 Å². The van der Waals surface area contributed by atoms with Crippen molar-refractivity contribution in [2.45, 2.75) is 51.5 Å². The third kappa shape index (κ3) is 3.36. The van der Waals surface area contributed by atoms with Crippen LogP contribution in [0.15, 0.2) is 53.5 Å². The van der Waals surface area contributed by atoms with Gasteiger partial charge in [0.05, 0.1) is 5.92 Å². The van der Waals surface area contributed by atoms with Crippen LogP contribution >= 0.6 is 0 Å². The summed E-state index contributed by atoms with van der Waals surface area (Å²) in [5.41, 5.74) is 9.74. The summed E-state index contributed by atoms with van der Waals surface area (Å²) < 4.78 is 0. The van der Waals surface area contributed by atoms with Gasteiger partial charge in [0.1, 0.15) is 5.54 Å². The number of nitrogens with zero attached hydrogens (tertiary/aromatic N) is 2. The molecule has 0 saturated carbocycles. The van der Waals surface area contributed by atoms with Crippen molar-refractivity contribution in [3.05, 3.63) is 70.8 Å². The summed E-state index contributed by atoms with van der Waals surface area (Å²) in [5.74, 6) is -0.202. The van der Waals surface area contributed by atoms with Gasteiger partial charge in [0, 0.05) is 7.05 Å². The van der Waals surface area contributed by atoms with Crippen molar-refractivity contribution in [1.29, 1.82) is 0 Å². The zero-order valence-corrected chi connectivity index (χ0v) is 17.1. The number of rotatable bonds is 2. The first-order chi connectivity index (χ1) is 12.5. The lowest BCUT2D eigenvalue weighted by Crippen LogP contribution is -2.52. The fraction of sp³-hybridized carbons (Fsp3) is 0.391. The summed E-state index contributed by atoms with van der Waals surface area (Å²) in [6.07, 6.45) is 0. The van der Waals surface area contributed by atoms with E-state index in [0.717, 1.165) is 16.7 Å². The predicted octanol–water partition coefficient (Wildman–Crippen LogP) is 4.08. The molecule has 0 fully saturated rings.